The molecule has 1 aromatic rings. The molecule has 3 rings (SSSR count). The van der Waals surface area contributed by atoms with Gasteiger partial charge in [0, 0.05) is 12.1 Å². The Morgan fingerprint density at radius 2 is 1.83 bits per heavy atom. The number of imide groups is 1. The Kier molecular flexibility index (Phi) is 5.76. The summed E-state index contributed by atoms with van der Waals surface area (Å²) in [7, 11) is 0. The molecule has 0 radical (unpaired) electrons. The van der Waals surface area contributed by atoms with E-state index in [1.807, 2.05) is 26.0 Å². The number of benzene rings is 1. The number of nitrogens with one attached hydrogen (secondary N) is 1. The van der Waals surface area contributed by atoms with Gasteiger partial charge in [-0.05, 0) is 31.2 Å². The lowest BCUT2D eigenvalue weighted by atomic mass is 9.85. The molecule has 9 heteroatoms. The lowest BCUT2D eigenvalue weighted by Gasteiger charge is -2.27. The van der Waals surface area contributed by atoms with Crippen molar-refractivity contribution in [1.82, 2.24) is 4.90 Å². The van der Waals surface area contributed by atoms with E-state index in [1.165, 1.54) is 0 Å². The number of allylic oxidation sites excluding steroid dienone is 2. The molecule has 1 aliphatic carbocycles. The third kappa shape index (κ3) is 4.03. The van der Waals surface area contributed by atoms with Gasteiger partial charge in [0.1, 0.15) is 11.9 Å². The topological polar surface area (TPSA) is 110 Å². The highest BCUT2D eigenvalue weighted by molar-refractivity contribution is 6.10. The summed E-state index contributed by atoms with van der Waals surface area (Å²) in [5, 5.41) is 13.3. The first kappa shape index (κ1) is 20.6. The molecule has 0 spiro atoms. The maximum atomic E-state index is 14.1. The van der Waals surface area contributed by atoms with Crippen molar-refractivity contribution < 1.29 is 23.7 Å². The Bertz CT molecular complexity index is 872. The summed E-state index contributed by atoms with van der Waals surface area (Å²) >= 11 is 0. The van der Waals surface area contributed by atoms with E-state index < -0.39 is 46.3 Å². The van der Waals surface area contributed by atoms with Gasteiger partial charge in [-0.1, -0.05) is 26.0 Å². The van der Waals surface area contributed by atoms with Crippen molar-refractivity contribution in [1.29, 1.82) is 0 Å². The van der Waals surface area contributed by atoms with Gasteiger partial charge in [0.15, 0.2) is 0 Å². The van der Waals surface area contributed by atoms with Crippen molar-refractivity contribution in [2.45, 2.75) is 39.2 Å². The summed E-state index contributed by atoms with van der Waals surface area (Å²) < 4.78 is 14.1. The number of carbonyl (C=O) groups excluding carboxylic acids is 3. The minimum atomic E-state index is -1.11. The molecule has 1 N–H and O–H groups in total. The second-order valence-electron chi connectivity index (χ2n) is 7.76. The van der Waals surface area contributed by atoms with Gasteiger partial charge in [-0.15, -0.1) is 0 Å². The van der Waals surface area contributed by atoms with Gasteiger partial charge < -0.3 is 5.32 Å². The van der Waals surface area contributed by atoms with Crippen LogP contribution in [0.5, 0.6) is 0 Å². The molecule has 2 aliphatic rings. The number of fused-ring (bicyclic) bond motifs is 1. The Balaban J connectivity index is 1.89. The molecule has 1 fully saturated rings. The van der Waals surface area contributed by atoms with Gasteiger partial charge in [0.05, 0.1) is 22.4 Å². The number of halogens is 1. The van der Waals surface area contributed by atoms with Crippen molar-refractivity contribution in [3.8, 4) is 0 Å². The zero-order chi connectivity index (χ0) is 21.3. The molecule has 3 atom stereocenters. The zero-order valence-electron chi connectivity index (χ0n) is 16.1. The fourth-order valence-electron chi connectivity index (χ4n) is 3.85. The number of nitro groups is 1. The summed E-state index contributed by atoms with van der Waals surface area (Å²) in [4.78, 5) is 49.9. The number of nitro benzene ring substituents is 1. The van der Waals surface area contributed by atoms with Crippen LogP contribution in [0.2, 0.25) is 0 Å². The number of amides is 3. The highest BCUT2D eigenvalue weighted by atomic mass is 19.1. The molecule has 1 aromatic carbocycles. The summed E-state index contributed by atoms with van der Waals surface area (Å²) in [5.74, 6) is -3.37. The van der Waals surface area contributed by atoms with E-state index in [-0.39, 0.29) is 23.7 Å². The Morgan fingerprint density at radius 3 is 2.34 bits per heavy atom. The van der Waals surface area contributed by atoms with E-state index in [1.54, 1.807) is 0 Å². The van der Waals surface area contributed by atoms with Crippen LogP contribution in [0.4, 0.5) is 15.8 Å². The van der Waals surface area contributed by atoms with Crippen LogP contribution in [0, 0.1) is 33.7 Å². The molecule has 1 saturated heterocycles. The molecule has 0 bridgehead atoms. The van der Waals surface area contributed by atoms with Gasteiger partial charge in [0.25, 0.3) is 5.69 Å². The fourth-order valence-corrected chi connectivity index (χ4v) is 3.85. The minimum Gasteiger partial charge on any atom is -0.322 e. The summed E-state index contributed by atoms with van der Waals surface area (Å²) in [5.41, 5.74) is -0.747. The summed E-state index contributed by atoms with van der Waals surface area (Å²) in [6.45, 7) is 3.68. The van der Waals surface area contributed by atoms with Crippen molar-refractivity contribution in [2.24, 2.45) is 17.8 Å². The van der Waals surface area contributed by atoms with Crippen molar-refractivity contribution in [2.75, 3.05) is 5.32 Å². The molecule has 0 saturated carbocycles. The largest absolute Gasteiger partial charge is 0.322 e. The first-order valence-corrected chi connectivity index (χ1v) is 9.47. The molecular formula is C20H22FN3O5. The molecule has 3 amide bonds. The van der Waals surface area contributed by atoms with Crippen molar-refractivity contribution in [3.05, 3.63) is 46.3 Å². The number of hydrogen-bond donors (Lipinski definition) is 1. The average molecular weight is 403 g/mol. The monoisotopic (exact) mass is 403 g/mol. The number of carbonyl (C=O) groups is 3. The maximum Gasteiger partial charge on any atom is 0.271 e. The van der Waals surface area contributed by atoms with E-state index in [2.05, 4.69) is 5.32 Å². The third-order valence-electron chi connectivity index (χ3n) is 5.27. The van der Waals surface area contributed by atoms with E-state index in [0.29, 0.717) is 12.8 Å². The van der Waals surface area contributed by atoms with E-state index in [4.69, 9.17) is 0 Å². The second kappa shape index (κ2) is 8.10. The van der Waals surface area contributed by atoms with E-state index >= 15 is 0 Å². The van der Waals surface area contributed by atoms with Crippen LogP contribution in [0.25, 0.3) is 0 Å². The SMILES string of the molecule is CC(C)CC(C(=O)Nc1cc([N+](=O)[O-])ccc1F)N1C(=O)C2CC=CCC2C1=O. The lowest BCUT2D eigenvalue weighted by Crippen LogP contribution is -2.48. The van der Waals surface area contributed by atoms with Crippen molar-refractivity contribution >= 4 is 29.1 Å². The molecule has 1 heterocycles. The van der Waals surface area contributed by atoms with Crippen LogP contribution in [-0.4, -0.2) is 33.6 Å². The quantitative estimate of drug-likeness (QED) is 0.340. The molecule has 3 unspecified atom stereocenters. The fraction of sp³-hybridized carbons (Fsp3) is 0.450. The van der Waals surface area contributed by atoms with Crippen molar-refractivity contribution in [3.63, 3.8) is 0 Å². The standard InChI is InChI=1S/C20H22FN3O5/c1-11(2)9-17(23-19(26)13-5-3-4-6-14(13)20(23)27)18(25)22-16-10-12(24(28)29)7-8-15(16)21/h3-4,7-8,10-11,13-14,17H,5-6,9H2,1-2H3,(H,22,25). The molecule has 8 nitrogen and oxygen atoms in total. The van der Waals surface area contributed by atoms with E-state index in [0.717, 1.165) is 23.1 Å². The highest BCUT2D eigenvalue weighted by Crippen LogP contribution is 2.37. The summed E-state index contributed by atoms with van der Waals surface area (Å²) in [6, 6.07) is 1.68. The van der Waals surface area contributed by atoms with Gasteiger partial charge >= 0.3 is 0 Å². The molecule has 1 aliphatic heterocycles. The maximum absolute atomic E-state index is 14.1. The number of rotatable bonds is 6. The van der Waals surface area contributed by atoms with Gasteiger partial charge in [-0.3, -0.25) is 29.4 Å². The first-order valence-electron chi connectivity index (χ1n) is 9.47. The predicted octanol–water partition coefficient (Wildman–Crippen LogP) is 3.04. The normalized spacial score (nSPS) is 22.0. The van der Waals surface area contributed by atoms with Crippen LogP contribution in [0.1, 0.15) is 33.1 Å². The number of anilines is 1. The smallest absolute Gasteiger partial charge is 0.271 e. The number of non-ortho nitro benzene ring substituents is 1. The molecular weight excluding hydrogens is 381 g/mol. The first-order chi connectivity index (χ1) is 13.7. The van der Waals surface area contributed by atoms with Crippen LogP contribution >= 0.6 is 0 Å². The Labute approximate surface area is 166 Å². The van der Waals surface area contributed by atoms with Gasteiger partial charge in [-0.2, -0.15) is 0 Å². The number of hydrogen-bond acceptors (Lipinski definition) is 5. The zero-order valence-corrected chi connectivity index (χ0v) is 16.1. The Hall–Kier alpha value is -3.10. The van der Waals surface area contributed by atoms with Gasteiger partial charge in [0.2, 0.25) is 17.7 Å². The predicted molar refractivity (Wildman–Crippen MR) is 102 cm³/mol. The molecule has 29 heavy (non-hydrogen) atoms. The number of nitrogens with zero attached hydrogens (tertiary/aromatic N) is 2. The lowest BCUT2D eigenvalue weighted by molar-refractivity contribution is -0.384. The second-order valence-corrected chi connectivity index (χ2v) is 7.76. The highest BCUT2D eigenvalue weighted by Gasteiger charge is 2.51. The average Bonchev–Trinajstić information content (AvgIpc) is 2.92. The third-order valence-corrected chi connectivity index (χ3v) is 5.27. The van der Waals surface area contributed by atoms with Crippen LogP contribution < -0.4 is 5.32 Å². The summed E-state index contributed by atoms with van der Waals surface area (Å²) in [6.07, 6.45) is 4.80. The minimum absolute atomic E-state index is 0.0259. The molecule has 154 valence electrons. The Morgan fingerprint density at radius 1 is 1.24 bits per heavy atom. The molecule has 0 aromatic heterocycles. The van der Waals surface area contributed by atoms with E-state index in [9.17, 15) is 28.9 Å². The van der Waals surface area contributed by atoms with Crippen LogP contribution in [0.15, 0.2) is 30.4 Å². The number of likely N-dealkylation sites (tertiary alicyclic amines) is 1. The van der Waals surface area contributed by atoms with Crippen LogP contribution in [0.3, 0.4) is 0 Å². The van der Waals surface area contributed by atoms with Crippen LogP contribution in [-0.2, 0) is 14.4 Å². The van der Waals surface area contributed by atoms with Gasteiger partial charge in [-0.25, -0.2) is 4.39 Å².